The van der Waals surface area contributed by atoms with Gasteiger partial charge in [0.25, 0.3) is 0 Å². The summed E-state index contributed by atoms with van der Waals surface area (Å²) in [6.07, 6.45) is 4.89. The molecular weight excluding hydrogens is 312 g/mol. The van der Waals surface area contributed by atoms with Gasteiger partial charge in [0, 0.05) is 30.9 Å². The lowest BCUT2D eigenvalue weighted by Crippen LogP contribution is -2.42. The van der Waals surface area contributed by atoms with Gasteiger partial charge < -0.3 is 10.2 Å². The number of anilines is 2. The molecule has 1 saturated heterocycles. The Morgan fingerprint density at radius 1 is 1.24 bits per heavy atom. The van der Waals surface area contributed by atoms with Crippen LogP contribution in [0.15, 0.2) is 42.6 Å². The number of nitrogens with zero attached hydrogens (tertiary/aromatic N) is 3. The highest BCUT2D eigenvalue weighted by Gasteiger charge is 2.25. The van der Waals surface area contributed by atoms with Crippen LogP contribution in [0.1, 0.15) is 32.4 Å². The first-order chi connectivity index (χ1) is 12.1. The molecule has 0 aromatic carbocycles. The van der Waals surface area contributed by atoms with Crippen LogP contribution in [0.25, 0.3) is 0 Å². The van der Waals surface area contributed by atoms with Crippen LogP contribution in [0.3, 0.4) is 0 Å². The predicted molar refractivity (Wildman–Crippen MR) is 99.6 cm³/mol. The minimum atomic E-state index is 0.0720. The minimum Gasteiger partial charge on any atom is -0.342 e. The molecule has 1 unspecified atom stereocenters. The molecule has 0 saturated carbocycles. The Labute approximate surface area is 149 Å². The zero-order valence-corrected chi connectivity index (χ0v) is 15.0. The molecule has 132 valence electrons. The number of rotatable bonds is 5. The molecule has 1 amide bonds. The monoisotopic (exact) mass is 338 g/mol. The first-order valence-electron chi connectivity index (χ1n) is 9.04. The predicted octanol–water partition coefficient (Wildman–Crippen LogP) is 3.66. The Kier molecular flexibility index (Phi) is 5.64. The van der Waals surface area contributed by atoms with E-state index in [-0.39, 0.29) is 11.8 Å². The van der Waals surface area contributed by atoms with Crippen LogP contribution in [0.2, 0.25) is 0 Å². The molecular formula is C20H26N4O. The van der Waals surface area contributed by atoms with Gasteiger partial charge in [-0.25, -0.2) is 9.97 Å². The fourth-order valence-electron chi connectivity index (χ4n) is 3.32. The summed E-state index contributed by atoms with van der Waals surface area (Å²) >= 11 is 0. The van der Waals surface area contributed by atoms with Crippen molar-refractivity contribution >= 4 is 17.5 Å². The van der Waals surface area contributed by atoms with Crippen molar-refractivity contribution in [1.29, 1.82) is 0 Å². The number of carbonyl (C=O) groups excluding carboxylic acids is 1. The molecule has 3 rings (SSSR count). The van der Waals surface area contributed by atoms with Crippen LogP contribution in [-0.2, 0) is 11.2 Å². The van der Waals surface area contributed by atoms with Crippen LogP contribution in [0.5, 0.6) is 0 Å². The molecule has 1 aliphatic heterocycles. The van der Waals surface area contributed by atoms with Gasteiger partial charge in [-0.3, -0.25) is 4.79 Å². The van der Waals surface area contributed by atoms with Crippen molar-refractivity contribution in [2.45, 2.75) is 33.1 Å². The summed E-state index contributed by atoms with van der Waals surface area (Å²) in [6.45, 7) is 5.68. The lowest BCUT2D eigenvalue weighted by Gasteiger charge is -2.33. The normalized spacial score (nSPS) is 17.6. The second-order valence-corrected chi connectivity index (χ2v) is 7.01. The quantitative estimate of drug-likeness (QED) is 0.904. The third-order valence-corrected chi connectivity index (χ3v) is 4.55. The number of likely N-dealkylation sites (tertiary alicyclic amines) is 1. The molecule has 0 aliphatic carbocycles. The Morgan fingerprint density at radius 3 is 2.84 bits per heavy atom. The lowest BCUT2D eigenvalue weighted by atomic mass is 9.92. The van der Waals surface area contributed by atoms with Crippen LogP contribution in [0.4, 0.5) is 11.6 Å². The van der Waals surface area contributed by atoms with Crippen LogP contribution in [0, 0.1) is 11.8 Å². The molecule has 1 atom stereocenters. The van der Waals surface area contributed by atoms with E-state index in [2.05, 4.69) is 16.4 Å². The van der Waals surface area contributed by atoms with E-state index in [4.69, 9.17) is 4.98 Å². The van der Waals surface area contributed by atoms with Crippen molar-refractivity contribution in [3.05, 3.63) is 48.3 Å². The molecule has 0 spiro atoms. The maximum absolute atomic E-state index is 12.2. The summed E-state index contributed by atoms with van der Waals surface area (Å²) in [5.74, 6) is 2.42. The number of aromatic nitrogens is 2. The van der Waals surface area contributed by atoms with Crippen LogP contribution in [-0.4, -0.2) is 33.9 Å². The maximum Gasteiger partial charge on any atom is 0.225 e. The highest BCUT2D eigenvalue weighted by molar-refractivity contribution is 5.78. The van der Waals surface area contributed by atoms with Gasteiger partial charge in [0.1, 0.15) is 11.6 Å². The molecule has 25 heavy (non-hydrogen) atoms. The summed E-state index contributed by atoms with van der Waals surface area (Å²) < 4.78 is 0. The van der Waals surface area contributed by atoms with Gasteiger partial charge in [-0.2, -0.15) is 0 Å². The third-order valence-electron chi connectivity index (χ3n) is 4.55. The fourth-order valence-corrected chi connectivity index (χ4v) is 3.32. The number of pyridine rings is 2. The van der Waals surface area contributed by atoms with Gasteiger partial charge >= 0.3 is 0 Å². The SMILES string of the molecule is CC(C)C(=O)N1CCCC(Cc2cccc(Nc3ccccn3)n2)C1. The summed E-state index contributed by atoms with van der Waals surface area (Å²) in [4.78, 5) is 23.3. The summed E-state index contributed by atoms with van der Waals surface area (Å²) in [7, 11) is 0. The van der Waals surface area contributed by atoms with E-state index in [0.717, 1.165) is 49.7 Å². The van der Waals surface area contributed by atoms with E-state index >= 15 is 0 Å². The lowest BCUT2D eigenvalue weighted by molar-refractivity contribution is -0.136. The molecule has 0 radical (unpaired) electrons. The van der Waals surface area contributed by atoms with Gasteiger partial charge in [0.15, 0.2) is 0 Å². The first-order valence-corrected chi connectivity index (χ1v) is 9.04. The van der Waals surface area contributed by atoms with E-state index in [0.29, 0.717) is 5.92 Å². The second kappa shape index (κ2) is 8.10. The van der Waals surface area contributed by atoms with Crippen molar-refractivity contribution in [3.63, 3.8) is 0 Å². The largest absolute Gasteiger partial charge is 0.342 e. The number of carbonyl (C=O) groups is 1. The molecule has 2 aromatic rings. The average Bonchev–Trinajstić information content (AvgIpc) is 2.62. The number of piperidine rings is 1. The Bertz CT molecular complexity index is 702. The molecule has 2 aromatic heterocycles. The van der Waals surface area contributed by atoms with Crippen molar-refractivity contribution in [3.8, 4) is 0 Å². The highest BCUT2D eigenvalue weighted by Crippen LogP contribution is 2.22. The van der Waals surface area contributed by atoms with E-state index in [1.54, 1.807) is 6.20 Å². The first kappa shape index (κ1) is 17.4. The molecule has 1 fully saturated rings. The molecule has 1 N–H and O–H groups in total. The number of hydrogen-bond acceptors (Lipinski definition) is 4. The maximum atomic E-state index is 12.2. The average molecular weight is 338 g/mol. The van der Waals surface area contributed by atoms with Crippen molar-refractivity contribution in [1.82, 2.24) is 14.9 Å². The Hall–Kier alpha value is -2.43. The van der Waals surface area contributed by atoms with Crippen molar-refractivity contribution in [2.24, 2.45) is 11.8 Å². The number of hydrogen-bond donors (Lipinski definition) is 1. The van der Waals surface area contributed by atoms with Gasteiger partial charge in [0.2, 0.25) is 5.91 Å². The zero-order valence-electron chi connectivity index (χ0n) is 15.0. The number of amides is 1. The van der Waals surface area contributed by atoms with Crippen molar-refractivity contribution < 1.29 is 4.79 Å². The fraction of sp³-hybridized carbons (Fsp3) is 0.450. The van der Waals surface area contributed by atoms with E-state index < -0.39 is 0 Å². The Morgan fingerprint density at radius 2 is 2.08 bits per heavy atom. The van der Waals surface area contributed by atoms with E-state index in [9.17, 15) is 4.79 Å². The zero-order chi connectivity index (χ0) is 17.6. The highest BCUT2D eigenvalue weighted by atomic mass is 16.2. The Balaban J connectivity index is 1.63. The van der Waals surface area contributed by atoms with Crippen LogP contribution >= 0.6 is 0 Å². The number of nitrogens with one attached hydrogen (secondary N) is 1. The molecule has 1 aliphatic rings. The van der Waals surface area contributed by atoms with E-state index in [1.165, 1.54) is 0 Å². The topological polar surface area (TPSA) is 58.1 Å². The molecule has 0 bridgehead atoms. The van der Waals surface area contributed by atoms with E-state index in [1.807, 2.05) is 49.1 Å². The van der Waals surface area contributed by atoms with Gasteiger partial charge in [-0.05, 0) is 49.4 Å². The van der Waals surface area contributed by atoms with Crippen LogP contribution < -0.4 is 5.32 Å². The summed E-state index contributed by atoms with van der Waals surface area (Å²) in [5, 5.41) is 3.24. The molecule has 3 heterocycles. The van der Waals surface area contributed by atoms with Gasteiger partial charge in [0.05, 0.1) is 0 Å². The third kappa shape index (κ3) is 4.78. The van der Waals surface area contributed by atoms with Crippen molar-refractivity contribution in [2.75, 3.05) is 18.4 Å². The van der Waals surface area contributed by atoms with Gasteiger partial charge in [-0.1, -0.05) is 26.0 Å². The molecule has 5 heteroatoms. The minimum absolute atomic E-state index is 0.0720. The van der Waals surface area contributed by atoms with Gasteiger partial charge in [-0.15, -0.1) is 0 Å². The smallest absolute Gasteiger partial charge is 0.225 e. The second-order valence-electron chi connectivity index (χ2n) is 7.01. The standard InChI is InChI=1S/C20H26N4O/c1-15(2)20(25)24-12-6-7-16(14-24)13-17-8-5-10-19(22-17)23-18-9-3-4-11-21-18/h3-5,8-11,15-16H,6-7,12-14H2,1-2H3,(H,21,22,23). The summed E-state index contributed by atoms with van der Waals surface area (Å²) in [6, 6.07) is 11.8. The molecule has 5 nitrogen and oxygen atoms in total. The summed E-state index contributed by atoms with van der Waals surface area (Å²) in [5.41, 5.74) is 1.06.